The van der Waals surface area contributed by atoms with Gasteiger partial charge in [-0.1, -0.05) is 18.2 Å². The molecule has 2 nitrogen and oxygen atoms in total. The second kappa shape index (κ2) is 3.55. The van der Waals surface area contributed by atoms with E-state index in [4.69, 9.17) is 11.6 Å². The van der Waals surface area contributed by atoms with Crippen molar-refractivity contribution in [2.24, 2.45) is 0 Å². The number of sulfone groups is 1. The van der Waals surface area contributed by atoms with Gasteiger partial charge in [-0.2, -0.15) is 0 Å². The summed E-state index contributed by atoms with van der Waals surface area (Å²) in [5.74, 6) is 0.821. The molecule has 0 aliphatic carbocycles. The van der Waals surface area contributed by atoms with Gasteiger partial charge in [-0.3, -0.25) is 0 Å². The van der Waals surface area contributed by atoms with E-state index >= 15 is 0 Å². The van der Waals surface area contributed by atoms with Crippen LogP contribution in [0.25, 0.3) is 0 Å². The quantitative estimate of drug-likeness (QED) is 0.730. The minimum absolute atomic E-state index is 0.0914. The van der Waals surface area contributed by atoms with Gasteiger partial charge in [0.1, 0.15) is 0 Å². The van der Waals surface area contributed by atoms with E-state index in [0.29, 0.717) is 10.8 Å². The van der Waals surface area contributed by atoms with Gasteiger partial charge < -0.3 is 0 Å². The molecule has 1 heterocycles. The molecule has 14 heavy (non-hydrogen) atoms. The Kier molecular flexibility index (Phi) is 2.54. The van der Waals surface area contributed by atoms with Crippen molar-refractivity contribution in [1.82, 2.24) is 0 Å². The van der Waals surface area contributed by atoms with E-state index < -0.39 is 9.84 Å². The smallest absolute Gasteiger partial charge is 0.179 e. The van der Waals surface area contributed by atoms with Crippen LogP contribution in [0, 0.1) is 0 Å². The third-order valence-electron chi connectivity index (χ3n) is 2.57. The molecule has 1 aliphatic heterocycles. The van der Waals surface area contributed by atoms with Crippen LogP contribution in [0.2, 0.25) is 0 Å². The maximum absolute atomic E-state index is 11.7. The fraction of sp³-hybridized carbons (Fsp3) is 0.400. The highest BCUT2D eigenvalue weighted by Crippen LogP contribution is 2.36. The molecule has 76 valence electrons. The number of halogens is 1. The molecule has 0 spiro atoms. The Balaban J connectivity index is 2.50. The number of hydrogen-bond donors (Lipinski definition) is 0. The number of alkyl halides is 1. The van der Waals surface area contributed by atoms with Crippen LogP contribution in [-0.2, 0) is 9.84 Å². The Bertz CT molecular complexity index is 439. The van der Waals surface area contributed by atoms with Crippen molar-refractivity contribution in [2.45, 2.75) is 17.2 Å². The van der Waals surface area contributed by atoms with Crippen LogP contribution >= 0.6 is 11.6 Å². The monoisotopic (exact) mass is 230 g/mol. The molecule has 1 unspecified atom stereocenters. The fourth-order valence-corrected chi connectivity index (χ4v) is 4.11. The van der Waals surface area contributed by atoms with Crippen molar-refractivity contribution >= 4 is 21.4 Å². The molecule has 1 atom stereocenters. The molecule has 0 radical (unpaired) electrons. The molecular weight excluding hydrogens is 220 g/mol. The first kappa shape index (κ1) is 9.99. The molecule has 0 aromatic heterocycles. The second-order valence-corrected chi connectivity index (χ2v) is 5.87. The SMILES string of the molecule is O=S1(=O)CC(CCCl)c2ccccc21. The van der Waals surface area contributed by atoms with Crippen molar-refractivity contribution in [1.29, 1.82) is 0 Å². The van der Waals surface area contributed by atoms with Gasteiger partial charge in [-0.25, -0.2) is 8.42 Å². The summed E-state index contributed by atoms with van der Waals surface area (Å²) in [4.78, 5) is 0.495. The van der Waals surface area contributed by atoms with E-state index in [0.717, 1.165) is 12.0 Å². The van der Waals surface area contributed by atoms with Gasteiger partial charge in [0.25, 0.3) is 0 Å². The van der Waals surface area contributed by atoms with Gasteiger partial charge in [0.2, 0.25) is 0 Å². The Morgan fingerprint density at radius 3 is 2.79 bits per heavy atom. The number of benzene rings is 1. The van der Waals surface area contributed by atoms with Crippen molar-refractivity contribution in [3.05, 3.63) is 29.8 Å². The first-order valence-electron chi connectivity index (χ1n) is 4.53. The largest absolute Gasteiger partial charge is 0.224 e. The fourth-order valence-electron chi connectivity index (χ4n) is 1.92. The van der Waals surface area contributed by atoms with E-state index in [1.807, 2.05) is 12.1 Å². The predicted octanol–water partition coefficient (Wildman–Crippen LogP) is 2.19. The van der Waals surface area contributed by atoms with Crippen LogP contribution in [0.3, 0.4) is 0 Å². The first-order chi connectivity index (χ1) is 6.65. The number of fused-ring (bicyclic) bond motifs is 1. The lowest BCUT2D eigenvalue weighted by Crippen LogP contribution is -2.03. The average Bonchev–Trinajstić information content (AvgIpc) is 2.41. The first-order valence-corrected chi connectivity index (χ1v) is 6.71. The van der Waals surface area contributed by atoms with Gasteiger partial charge in [-0.05, 0) is 18.1 Å². The Labute approximate surface area is 88.8 Å². The number of rotatable bonds is 2. The zero-order valence-electron chi connectivity index (χ0n) is 7.61. The molecule has 0 saturated carbocycles. The van der Waals surface area contributed by atoms with Crippen LogP contribution in [0.4, 0.5) is 0 Å². The third kappa shape index (κ3) is 1.55. The maximum Gasteiger partial charge on any atom is 0.179 e. The summed E-state index contributed by atoms with van der Waals surface area (Å²) in [6.45, 7) is 0. The number of hydrogen-bond acceptors (Lipinski definition) is 2. The molecular formula is C10H11ClO2S. The van der Waals surface area contributed by atoms with Gasteiger partial charge in [0.05, 0.1) is 10.6 Å². The Hall–Kier alpha value is -0.540. The molecule has 1 aliphatic rings. The van der Waals surface area contributed by atoms with Crippen molar-refractivity contribution in [3.8, 4) is 0 Å². The van der Waals surface area contributed by atoms with Crippen molar-refractivity contribution < 1.29 is 8.42 Å². The van der Waals surface area contributed by atoms with E-state index in [1.54, 1.807) is 12.1 Å². The van der Waals surface area contributed by atoms with Gasteiger partial charge >= 0.3 is 0 Å². The van der Waals surface area contributed by atoms with Crippen LogP contribution in [0.5, 0.6) is 0 Å². The molecule has 0 bridgehead atoms. The summed E-state index contributed by atoms with van der Waals surface area (Å²) in [6.07, 6.45) is 0.734. The highest BCUT2D eigenvalue weighted by atomic mass is 35.5. The summed E-state index contributed by atoms with van der Waals surface area (Å²) >= 11 is 5.65. The van der Waals surface area contributed by atoms with E-state index in [2.05, 4.69) is 0 Å². The molecule has 2 rings (SSSR count). The summed E-state index contributed by atoms with van der Waals surface area (Å²) < 4.78 is 23.4. The van der Waals surface area contributed by atoms with Gasteiger partial charge in [0, 0.05) is 11.8 Å². The minimum Gasteiger partial charge on any atom is -0.224 e. The molecule has 0 N–H and O–H groups in total. The summed E-state index contributed by atoms with van der Waals surface area (Å²) in [7, 11) is -3.04. The summed E-state index contributed by atoms with van der Waals surface area (Å²) in [6, 6.07) is 7.20. The van der Waals surface area contributed by atoms with E-state index in [9.17, 15) is 8.42 Å². The van der Waals surface area contributed by atoms with Gasteiger partial charge in [0.15, 0.2) is 9.84 Å². The predicted molar refractivity (Wildman–Crippen MR) is 56.6 cm³/mol. The minimum atomic E-state index is -3.04. The lowest BCUT2D eigenvalue weighted by atomic mass is 9.99. The van der Waals surface area contributed by atoms with Crippen LogP contribution < -0.4 is 0 Å². The summed E-state index contributed by atoms with van der Waals surface area (Å²) in [5.41, 5.74) is 0.938. The van der Waals surface area contributed by atoms with E-state index in [1.165, 1.54) is 0 Å². The molecule has 1 aromatic carbocycles. The molecule has 4 heteroatoms. The lowest BCUT2D eigenvalue weighted by Gasteiger charge is -2.05. The third-order valence-corrected chi connectivity index (χ3v) is 4.67. The van der Waals surface area contributed by atoms with Gasteiger partial charge in [-0.15, -0.1) is 11.6 Å². The standard InChI is InChI=1S/C10H11ClO2S/c11-6-5-8-7-14(12,13)10-4-2-1-3-9(8)10/h1-4,8H,5-7H2. The zero-order valence-corrected chi connectivity index (χ0v) is 9.18. The topological polar surface area (TPSA) is 34.1 Å². The molecule has 0 amide bonds. The molecule has 0 fully saturated rings. The Morgan fingerprint density at radius 2 is 2.07 bits per heavy atom. The second-order valence-electron chi connectivity index (χ2n) is 3.49. The van der Waals surface area contributed by atoms with Crippen LogP contribution in [0.15, 0.2) is 29.2 Å². The highest BCUT2D eigenvalue weighted by Gasteiger charge is 2.33. The summed E-state index contributed by atoms with van der Waals surface area (Å²) in [5, 5.41) is 0. The molecule has 0 saturated heterocycles. The average molecular weight is 231 g/mol. The van der Waals surface area contributed by atoms with Crippen molar-refractivity contribution in [3.63, 3.8) is 0 Å². The molecule has 1 aromatic rings. The normalized spacial score (nSPS) is 23.4. The zero-order chi connectivity index (χ0) is 10.2. The van der Waals surface area contributed by atoms with E-state index in [-0.39, 0.29) is 11.7 Å². The maximum atomic E-state index is 11.7. The van der Waals surface area contributed by atoms with Crippen molar-refractivity contribution in [2.75, 3.05) is 11.6 Å². The highest BCUT2D eigenvalue weighted by molar-refractivity contribution is 7.91. The van der Waals surface area contributed by atoms with Crippen LogP contribution in [-0.4, -0.2) is 20.1 Å². The lowest BCUT2D eigenvalue weighted by molar-refractivity contribution is 0.596. The van der Waals surface area contributed by atoms with Crippen LogP contribution in [0.1, 0.15) is 17.9 Å². The Morgan fingerprint density at radius 1 is 1.36 bits per heavy atom.